The third-order valence-corrected chi connectivity index (χ3v) is 2.75. The number of aryl methyl sites for hydroxylation is 1. The molecule has 1 rings (SSSR count). The fourth-order valence-electron chi connectivity index (χ4n) is 1.81. The minimum absolute atomic E-state index is 0.118. The maximum Gasteiger partial charge on any atom is 0.305 e. The van der Waals surface area contributed by atoms with Gasteiger partial charge in [0.05, 0.1) is 13.7 Å². The fraction of sp³-hybridized carbons (Fsp3) is 0.500. The number of carbonyl (C=O) groups excluding carboxylic acids is 1. The third-order valence-electron chi connectivity index (χ3n) is 2.75. The van der Waals surface area contributed by atoms with E-state index in [1.165, 1.54) is 5.56 Å². The van der Waals surface area contributed by atoms with Crippen molar-refractivity contribution in [3.8, 4) is 5.75 Å². The van der Waals surface area contributed by atoms with Crippen LogP contribution in [0.4, 0.5) is 0 Å². The SMILES string of the molecule is CCOC(=O)CCCc1cccc(OC)c1C. The van der Waals surface area contributed by atoms with Crippen molar-refractivity contribution in [2.45, 2.75) is 33.1 Å². The van der Waals surface area contributed by atoms with Gasteiger partial charge in [-0.05, 0) is 43.9 Å². The molecule has 0 heterocycles. The number of methoxy groups -OCH3 is 1. The second kappa shape index (κ2) is 6.94. The number of esters is 1. The number of ether oxygens (including phenoxy) is 2. The van der Waals surface area contributed by atoms with Crippen LogP contribution >= 0.6 is 0 Å². The predicted molar refractivity (Wildman–Crippen MR) is 67.3 cm³/mol. The summed E-state index contributed by atoms with van der Waals surface area (Å²) in [4.78, 5) is 11.2. The first kappa shape index (κ1) is 13.6. The van der Waals surface area contributed by atoms with Gasteiger partial charge in [-0.15, -0.1) is 0 Å². The largest absolute Gasteiger partial charge is 0.496 e. The molecule has 94 valence electrons. The Kier molecular flexibility index (Phi) is 5.53. The Bertz CT molecular complexity index is 372. The van der Waals surface area contributed by atoms with Gasteiger partial charge in [0.1, 0.15) is 5.75 Å². The van der Waals surface area contributed by atoms with E-state index in [1.54, 1.807) is 7.11 Å². The molecule has 3 heteroatoms. The average molecular weight is 236 g/mol. The van der Waals surface area contributed by atoms with Crippen LogP contribution in [-0.4, -0.2) is 19.7 Å². The van der Waals surface area contributed by atoms with Crippen LogP contribution in [0.1, 0.15) is 30.9 Å². The smallest absolute Gasteiger partial charge is 0.305 e. The van der Waals surface area contributed by atoms with Crippen LogP contribution < -0.4 is 4.74 Å². The van der Waals surface area contributed by atoms with Gasteiger partial charge < -0.3 is 9.47 Å². The predicted octanol–water partition coefficient (Wildman–Crippen LogP) is 2.89. The molecule has 0 atom stereocenters. The van der Waals surface area contributed by atoms with E-state index < -0.39 is 0 Å². The second-order valence-electron chi connectivity index (χ2n) is 3.90. The van der Waals surface area contributed by atoms with Crippen molar-refractivity contribution in [3.05, 3.63) is 29.3 Å². The van der Waals surface area contributed by atoms with Crippen LogP contribution in [-0.2, 0) is 16.0 Å². The van der Waals surface area contributed by atoms with Crippen molar-refractivity contribution < 1.29 is 14.3 Å². The van der Waals surface area contributed by atoms with Crippen molar-refractivity contribution in [1.29, 1.82) is 0 Å². The fourth-order valence-corrected chi connectivity index (χ4v) is 1.81. The molecule has 0 fully saturated rings. The normalized spacial score (nSPS) is 10.1. The quantitative estimate of drug-likeness (QED) is 0.712. The Hall–Kier alpha value is -1.51. The lowest BCUT2D eigenvalue weighted by molar-refractivity contribution is -0.143. The van der Waals surface area contributed by atoms with E-state index in [0.29, 0.717) is 13.0 Å². The van der Waals surface area contributed by atoms with E-state index >= 15 is 0 Å². The van der Waals surface area contributed by atoms with Gasteiger partial charge in [0.15, 0.2) is 0 Å². The lowest BCUT2D eigenvalue weighted by Gasteiger charge is -2.09. The molecule has 1 aromatic rings. The van der Waals surface area contributed by atoms with Crippen LogP contribution in [0.15, 0.2) is 18.2 Å². The zero-order valence-electron chi connectivity index (χ0n) is 10.8. The zero-order valence-corrected chi connectivity index (χ0v) is 10.8. The molecule has 0 unspecified atom stereocenters. The Labute approximate surface area is 103 Å². The van der Waals surface area contributed by atoms with E-state index in [9.17, 15) is 4.79 Å². The van der Waals surface area contributed by atoms with Crippen molar-refractivity contribution in [3.63, 3.8) is 0 Å². The average Bonchev–Trinajstić information content (AvgIpc) is 2.32. The van der Waals surface area contributed by atoms with Gasteiger partial charge in [-0.1, -0.05) is 12.1 Å². The number of hydrogen-bond donors (Lipinski definition) is 0. The standard InChI is InChI=1S/C14H20O3/c1-4-17-14(15)10-6-8-12-7-5-9-13(16-3)11(12)2/h5,7,9H,4,6,8,10H2,1-3H3. The number of hydrogen-bond acceptors (Lipinski definition) is 3. The Morgan fingerprint density at radius 3 is 2.76 bits per heavy atom. The zero-order chi connectivity index (χ0) is 12.7. The summed E-state index contributed by atoms with van der Waals surface area (Å²) in [6.45, 7) is 4.32. The first-order chi connectivity index (χ1) is 8.19. The lowest BCUT2D eigenvalue weighted by atomic mass is 10.0. The third kappa shape index (κ3) is 4.10. The summed E-state index contributed by atoms with van der Waals surface area (Å²) < 4.78 is 10.2. The summed E-state index contributed by atoms with van der Waals surface area (Å²) in [7, 11) is 1.67. The van der Waals surface area contributed by atoms with Crippen LogP contribution in [0.25, 0.3) is 0 Å². The minimum Gasteiger partial charge on any atom is -0.496 e. The maximum absolute atomic E-state index is 11.2. The molecular weight excluding hydrogens is 216 g/mol. The molecule has 0 aromatic heterocycles. The van der Waals surface area contributed by atoms with Gasteiger partial charge in [0.2, 0.25) is 0 Å². The van der Waals surface area contributed by atoms with E-state index in [4.69, 9.17) is 9.47 Å². The summed E-state index contributed by atoms with van der Waals surface area (Å²) in [6.07, 6.45) is 2.17. The van der Waals surface area contributed by atoms with Gasteiger partial charge in [0, 0.05) is 6.42 Å². The molecule has 0 radical (unpaired) electrons. The molecule has 3 nitrogen and oxygen atoms in total. The number of carbonyl (C=O) groups is 1. The summed E-state index contributed by atoms with van der Waals surface area (Å²) >= 11 is 0. The van der Waals surface area contributed by atoms with Gasteiger partial charge in [-0.3, -0.25) is 4.79 Å². The first-order valence-electron chi connectivity index (χ1n) is 5.97. The minimum atomic E-state index is -0.118. The molecule has 0 saturated carbocycles. The van der Waals surface area contributed by atoms with Gasteiger partial charge >= 0.3 is 5.97 Å². The molecule has 1 aromatic carbocycles. The van der Waals surface area contributed by atoms with Crippen molar-refractivity contribution in [2.75, 3.05) is 13.7 Å². The molecular formula is C14H20O3. The molecule has 0 aliphatic carbocycles. The molecule has 0 aliphatic rings. The molecule has 0 N–H and O–H groups in total. The van der Waals surface area contributed by atoms with E-state index in [-0.39, 0.29) is 5.97 Å². The highest BCUT2D eigenvalue weighted by atomic mass is 16.5. The van der Waals surface area contributed by atoms with E-state index in [2.05, 4.69) is 6.07 Å². The summed E-state index contributed by atoms with van der Waals surface area (Å²) in [5, 5.41) is 0. The highest BCUT2D eigenvalue weighted by molar-refractivity contribution is 5.69. The Morgan fingerprint density at radius 1 is 1.35 bits per heavy atom. The summed E-state index contributed by atoms with van der Waals surface area (Å²) in [5.74, 6) is 0.784. The summed E-state index contributed by atoms with van der Waals surface area (Å²) in [6, 6.07) is 6.00. The molecule has 0 bridgehead atoms. The van der Waals surface area contributed by atoms with Crippen molar-refractivity contribution >= 4 is 5.97 Å². The second-order valence-corrected chi connectivity index (χ2v) is 3.90. The Morgan fingerprint density at radius 2 is 2.12 bits per heavy atom. The Balaban J connectivity index is 2.49. The molecule has 0 saturated heterocycles. The highest BCUT2D eigenvalue weighted by Gasteiger charge is 2.06. The van der Waals surface area contributed by atoms with Crippen molar-refractivity contribution in [1.82, 2.24) is 0 Å². The van der Waals surface area contributed by atoms with Crippen LogP contribution in [0.5, 0.6) is 5.75 Å². The molecule has 17 heavy (non-hydrogen) atoms. The van der Waals surface area contributed by atoms with Gasteiger partial charge in [-0.25, -0.2) is 0 Å². The van der Waals surface area contributed by atoms with Crippen LogP contribution in [0.3, 0.4) is 0 Å². The topological polar surface area (TPSA) is 35.5 Å². The molecule has 0 amide bonds. The monoisotopic (exact) mass is 236 g/mol. The van der Waals surface area contributed by atoms with Gasteiger partial charge in [-0.2, -0.15) is 0 Å². The molecule has 0 aliphatic heterocycles. The van der Waals surface area contributed by atoms with Gasteiger partial charge in [0.25, 0.3) is 0 Å². The number of rotatable bonds is 6. The maximum atomic E-state index is 11.2. The lowest BCUT2D eigenvalue weighted by Crippen LogP contribution is -2.04. The first-order valence-corrected chi connectivity index (χ1v) is 5.97. The van der Waals surface area contributed by atoms with E-state index in [1.807, 2.05) is 26.0 Å². The van der Waals surface area contributed by atoms with Crippen LogP contribution in [0.2, 0.25) is 0 Å². The van der Waals surface area contributed by atoms with Crippen molar-refractivity contribution in [2.24, 2.45) is 0 Å². The molecule has 0 spiro atoms. The highest BCUT2D eigenvalue weighted by Crippen LogP contribution is 2.22. The number of benzene rings is 1. The van der Waals surface area contributed by atoms with Crippen LogP contribution in [0, 0.1) is 6.92 Å². The summed E-state index contributed by atoms with van der Waals surface area (Å²) in [5.41, 5.74) is 2.38. The van der Waals surface area contributed by atoms with E-state index in [0.717, 1.165) is 24.2 Å².